The first-order valence-corrected chi connectivity index (χ1v) is 14.6. The molecule has 0 saturated carbocycles. The molecule has 4 rings (SSSR count). The molecule has 1 atom stereocenters. The monoisotopic (exact) mass is 617 g/mol. The minimum Gasteiger partial charge on any atom is -0.489 e. The van der Waals surface area contributed by atoms with Crippen molar-refractivity contribution >= 4 is 29.6 Å². The standard InChI is InChI=1S/C28H33NO6.C6H5Cl.C2H2/c1-5-25-23(15-18(2)3)19(4)26(35-25)27(30)29-24(28(31)32)8-6-7-20-9-11-22(12-10-20)34-17-21-13-14-33-16-21;7-6-4-2-1-3-5-6;1-2/h9-16,24H,5-8,17H2,1-4H3,(H,29,30)(H,31,32);1-5H;1-2H. The fourth-order valence-corrected chi connectivity index (χ4v) is 4.39. The van der Waals surface area contributed by atoms with E-state index in [0.717, 1.165) is 44.4 Å². The molecular formula is C36H40ClNO6. The summed E-state index contributed by atoms with van der Waals surface area (Å²) in [6.45, 7) is 8.17. The van der Waals surface area contributed by atoms with E-state index in [9.17, 15) is 14.7 Å². The van der Waals surface area contributed by atoms with Crippen LogP contribution in [0.15, 0.2) is 87.6 Å². The van der Waals surface area contributed by atoms with Crippen LogP contribution >= 0.6 is 11.6 Å². The van der Waals surface area contributed by atoms with Crippen molar-refractivity contribution in [1.29, 1.82) is 0 Å². The van der Waals surface area contributed by atoms with Gasteiger partial charge in [-0.25, -0.2) is 4.79 Å². The normalized spacial score (nSPS) is 10.7. The van der Waals surface area contributed by atoms with Gasteiger partial charge in [0.15, 0.2) is 5.76 Å². The van der Waals surface area contributed by atoms with Crippen molar-refractivity contribution in [1.82, 2.24) is 5.32 Å². The van der Waals surface area contributed by atoms with Crippen LogP contribution in [0, 0.1) is 19.8 Å². The Hall–Kier alpha value is -4.67. The van der Waals surface area contributed by atoms with Crippen molar-refractivity contribution in [3.8, 4) is 18.6 Å². The van der Waals surface area contributed by atoms with Crippen molar-refractivity contribution in [2.45, 2.75) is 66.0 Å². The SMILES string of the molecule is C#C.CCc1oc(C(=O)NC(CCCc2ccc(OCc3ccoc3)cc2)C(=O)O)c(C)c1C=C(C)C.Clc1ccccc1. The van der Waals surface area contributed by atoms with E-state index in [4.69, 9.17) is 25.2 Å². The summed E-state index contributed by atoms with van der Waals surface area (Å²) in [6, 6.07) is 18.0. The van der Waals surface area contributed by atoms with E-state index in [0.29, 0.717) is 32.3 Å². The van der Waals surface area contributed by atoms with E-state index in [1.165, 1.54) is 0 Å². The number of carboxylic acids is 1. The Balaban J connectivity index is 0.000000649. The summed E-state index contributed by atoms with van der Waals surface area (Å²) < 4.78 is 16.5. The van der Waals surface area contributed by atoms with Gasteiger partial charge in [-0.1, -0.05) is 60.5 Å². The number of nitrogens with one attached hydrogen (secondary N) is 1. The first-order valence-electron chi connectivity index (χ1n) is 14.3. The third kappa shape index (κ3) is 11.5. The van der Waals surface area contributed by atoms with Crippen LogP contribution < -0.4 is 10.1 Å². The van der Waals surface area contributed by atoms with E-state index in [1.54, 1.807) is 12.5 Å². The molecule has 0 bridgehead atoms. The summed E-state index contributed by atoms with van der Waals surface area (Å²) in [6.07, 6.45) is 15.5. The van der Waals surface area contributed by atoms with Crippen molar-refractivity contribution in [3.05, 3.63) is 118 Å². The zero-order valence-corrected chi connectivity index (χ0v) is 26.4. The van der Waals surface area contributed by atoms with Crippen LogP contribution in [-0.2, 0) is 24.2 Å². The number of benzene rings is 2. The van der Waals surface area contributed by atoms with Crippen molar-refractivity contribution in [3.63, 3.8) is 0 Å². The highest BCUT2D eigenvalue weighted by Crippen LogP contribution is 2.26. The first-order chi connectivity index (χ1) is 21.2. The number of furan rings is 2. The molecule has 0 saturated heterocycles. The van der Waals surface area contributed by atoms with Crippen molar-refractivity contribution in [2.24, 2.45) is 0 Å². The second-order valence-electron chi connectivity index (χ2n) is 10.1. The van der Waals surface area contributed by atoms with Crippen molar-refractivity contribution in [2.75, 3.05) is 0 Å². The number of amides is 1. The molecule has 7 nitrogen and oxygen atoms in total. The Bertz CT molecular complexity index is 1480. The van der Waals surface area contributed by atoms with Gasteiger partial charge in [-0.2, -0.15) is 0 Å². The first kappa shape index (κ1) is 35.5. The number of hydrogen-bond acceptors (Lipinski definition) is 5. The molecule has 0 aliphatic heterocycles. The summed E-state index contributed by atoms with van der Waals surface area (Å²) in [5, 5.41) is 13.1. The lowest BCUT2D eigenvalue weighted by Gasteiger charge is -2.14. The van der Waals surface area contributed by atoms with Gasteiger partial charge in [0.1, 0.15) is 24.2 Å². The van der Waals surface area contributed by atoms with Crippen molar-refractivity contribution < 1.29 is 28.3 Å². The van der Waals surface area contributed by atoms with Gasteiger partial charge in [0.25, 0.3) is 5.91 Å². The molecule has 8 heteroatoms. The van der Waals surface area contributed by atoms with Gasteiger partial charge >= 0.3 is 5.97 Å². The van der Waals surface area contributed by atoms with Gasteiger partial charge in [0.2, 0.25) is 0 Å². The number of carbonyl (C=O) groups is 2. The number of terminal acetylenes is 1. The van der Waals surface area contributed by atoms with E-state index < -0.39 is 17.9 Å². The van der Waals surface area contributed by atoms with E-state index in [-0.39, 0.29) is 5.76 Å². The van der Waals surface area contributed by atoms with Gasteiger partial charge in [0, 0.05) is 28.1 Å². The molecule has 4 aromatic rings. The minimum atomic E-state index is -1.06. The Morgan fingerprint density at radius 3 is 2.25 bits per heavy atom. The highest BCUT2D eigenvalue weighted by Gasteiger charge is 2.25. The van der Waals surface area contributed by atoms with Crippen LogP contribution in [0.2, 0.25) is 5.02 Å². The molecule has 1 amide bonds. The van der Waals surface area contributed by atoms with E-state index in [1.807, 2.05) is 94.4 Å². The summed E-state index contributed by atoms with van der Waals surface area (Å²) in [4.78, 5) is 24.7. The molecule has 0 radical (unpaired) electrons. The zero-order valence-electron chi connectivity index (χ0n) is 25.6. The van der Waals surface area contributed by atoms with Gasteiger partial charge in [-0.05, 0) is 75.9 Å². The lowest BCUT2D eigenvalue weighted by molar-refractivity contribution is -0.139. The number of aliphatic carboxylic acids is 1. The summed E-state index contributed by atoms with van der Waals surface area (Å²) in [5.41, 5.74) is 4.73. The molecule has 232 valence electrons. The second kappa shape index (κ2) is 18.8. The average Bonchev–Trinajstić information content (AvgIpc) is 3.65. The van der Waals surface area contributed by atoms with Crippen LogP contribution in [0.1, 0.15) is 72.2 Å². The number of ether oxygens (including phenoxy) is 1. The predicted molar refractivity (Wildman–Crippen MR) is 175 cm³/mol. The maximum absolute atomic E-state index is 12.9. The van der Waals surface area contributed by atoms with Crippen LogP contribution in [-0.4, -0.2) is 23.0 Å². The summed E-state index contributed by atoms with van der Waals surface area (Å²) >= 11 is 5.54. The van der Waals surface area contributed by atoms with Gasteiger partial charge in [-0.3, -0.25) is 4.79 Å². The zero-order chi connectivity index (χ0) is 32.5. The number of allylic oxidation sites excluding steroid dienone is 1. The van der Waals surface area contributed by atoms with Crippen LogP contribution in [0.3, 0.4) is 0 Å². The molecule has 2 heterocycles. The maximum atomic E-state index is 12.9. The number of aryl methyl sites for hydroxylation is 2. The number of hydrogen-bond donors (Lipinski definition) is 2. The molecule has 0 spiro atoms. The maximum Gasteiger partial charge on any atom is 0.326 e. The summed E-state index contributed by atoms with van der Waals surface area (Å²) in [7, 11) is 0. The van der Waals surface area contributed by atoms with Gasteiger partial charge in [-0.15, -0.1) is 12.8 Å². The Labute approximate surface area is 264 Å². The highest BCUT2D eigenvalue weighted by atomic mass is 35.5. The molecule has 2 aromatic heterocycles. The molecule has 2 N–H and O–H groups in total. The topological polar surface area (TPSA) is 102 Å². The molecule has 0 fully saturated rings. The van der Waals surface area contributed by atoms with E-state index >= 15 is 0 Å². The molecular weight excluding hydrogens is 578 g/mol. The molecule has 44 heavy (non-hydrogen) atoms. The lowest BCUT2D eigenvalue weighted by atomic mass is 10.0. The molecule has 0 aliphatic rings. The minimum absolute atomic E-state index is 0.173. The third-order valence-corrected chi connectivity index (χ3v) is 6.69. The smallest absolute Gasteiger partial charge is 0.326 e. The van der Waals surface area contributed by atoms with Crippen LogP contribution in [0.4, 0.5) is 0 Å². The van der Waals surface area contributed by atoms with Gasteiger partial charge < -0.3 is 24.0 Å². The quantitative estimate of drug-likeness (QED) is 0.154. The van der Waals surface area contributed by atoms with Crippen LogP contribution in [0.25, 0.3) is 6.08 Å². The Kier molecular flexibility index (Phi) is 15.2. The third-order valence-electron chi connectivity index (χ3n) is 6.43. The number of rotatable bonds is 12. The summed E-state index contributed by atoms with van der Waals surface area (Å²) in [5.74, 6) is 0.0748. The predicted octanol–water partition coefficient (Wildman–Crippen LogP) is 8.54. The largest absolute Gasteiger partial charge is 0.489 e. The van der Waals surface area contributed by atoms with E-state index in [2.05, 4.69) is 18.2 Å². The Morgan fingerprint density at radius 1 is 1.05 bits per heavy atom. The molecule has 0 aliphatic carbocycles. The molecule has 2 aromatic carbocycles. The molecule has 1 unspecified atom stereocenters. The fourth-order valence-electron chi connectivity index (χ4n) is 4.24. The second-order valence-corrected chi connectivity index (χ2v) is 10.5. The number of carboxylic acid groups (broad SMARTS) is 1. The Morgan fingerprint density at radius 2 is 1.73 bits per heavy atom. The van der Waals surface area contributed by atoms with Crippen LogP contribution in [0.5, 0.6) is 5.75 Å². The number of carbonyl (C=O) groups excluding carboxylic acids is 1. The number of halogens is 1. The average molecular weight is 618 g/mol. The lowest BCUT2D eigenvalue weighted by Crippen LogP contribution is -2.40. The highest BCUT2D eigenvalue weighted by molar-refractivity contribution is 6.30. The van der Waals surface area contributed by atoms with Gasteiger partial charge in [0.05, 0.1) is 12.5 Å². The fraction of sp³-hybridized carbons (Fsp3) is 0.278.